The zero-order valence-corrected chi connectivity index (χ0v) is 16.0. The van der Waals surface area contributed by atoms with Crippen LogP contribution in [0.4, 0.5) is 0 Å². The highest BCUT2D eigenvalue weighted by Crippen LogP contribution is 2.32. The van der Waals surface area contributed by atoms with Crippen LogP contribution in [0.1, 0.15) is 35.1 Å². The van der Waals surface area contributed by atoms with E-state index < -0.39 is 0 Å². The van der Waals surface area contributed by atoms with Crippen LogP contribution in [0.25, 0.3) is 11.6 Å². The Labute approximate surface area is 169 Å². The summed E-state index contributed by atoms with van der Waals surface area (Å²) in [6.07, 6.45) is 3.20. The number of hydrogen-bond donors (Lipinski definition) is 1. The summed E-state index contributed by atoms with van der Waals surface area (Å²) in [6.45, 7) is 0. The second-order valence-electron chi connectivity index (χ2n) is 6.62. The maximum Gasteiger partial charge on any atom is 0.240 e. The van der Waals surface area contributed by atoms with Gasteiger partial charge in [-0.3, -0.25) is 4.79 Å². The average Bonchev–Trinajstić information content (AvgIpc) is 2.74. The number of rotatable bonds is 4. The van der Waals surface area contributed by atoms with E-state index in [2.05, 4.69) is 40.9 Å². The van der Waals surface area contributed by atoms with Crippen molar-refractivity contribution < 1.29 is 4.79 Å². The molecule has 1 heterocycles. The van der Waals surface area contributed by atoms with E-state index in [0.717, 1.165) is 33.5 Å². The van der Waals surface area contributed by atoms with Crippen LogP contribution in [0.5, 0.6) is 0 Å². The van der Waals surface area contributed by atoms with E-state index in [0.29, 0.717) is 17.9 Å². The molecular formula is C24H19ClN2O. The van der Waals surface area contributed by atoms with Crippen molar-refractivity contribution in [2.75, 3.05) is 0 Å². The van der Waals surface area contributed by atoms with Gasteiger partial charge in [0.15, 0.2) is 0 Å². The highest BCUT2D eigenvalue weighted by molar-refractivity contribution is 6.31. The molecule has 3 aromatic rings. The second-order valence-corrected chi connectivity index (χ2v) is 7.05. The van der Waals surface area contributed by atoms with Crippen molar-refractivity contribution in [3.05, 3.63) is 106 Å². The maximum absolute atomic E-state index is 11.5. The summed E-state index contributed by atoms with van der Waals surface area (Å²) in [5.41, 5.74) is 8.69. The molecule has 1 N–H and O–H groups in total. The number of nitrogens with zero attached hydrogens (tertiary/aromatic N) is 1. The number of carbonyl (C=O) groups excluding carboxylic acids is 1. The first kappa shape index (κ1) is 18.2. The number of halogens is 1. The van der Waals surface area contributed by atoms with E-state index in [1.165, 1.54) is 0 Å². The first-order chi connectivity index (χ1) is 13.7. The van der Waals surface area contributed by atoms with E-state index in [9.17, 15) is 4.79 Å². The number of amides is 1. The molecule has 0 atom stereocenters. The Morgan fingerprint density at radius 2 is 1.64 bits per heavy atom. The number of hydrogen-bond acceptors (Lipinski definition) is 2. The van der Waals surface area contributed by atoms with Crippen LogP contribution in [-0.4, -0.2) is 11.6 Å². The van der Waals surface area contributed by atoms with Crippen molar-refractivity contribution in [2.24, 2.45) is 5.10 Å². The summed E-state index contributed by atoms with van der Waals surface area (Å²) in [5, 5.41) is 4.96. The van der Waals surface area contributed by atoms with E-state index in [-0.39, 0.29) is 5.91 Å². The number of nitrogens with one attached hydrogen (secondary N) is 1. The summed E-state index contributed by atoms with van der Waals surface area (Å²) in [7, 11) is 0. The summed E-state index contributed by atoms with van der Waals surface area (Å²) in [4.78, 5) is 11.5. The molecule has 1 aliphatic rings. The molecule has 0 radical (unpaired) electrons. The molecule has 3 nitrogen and oxygen atoms in total. The summed E-state index contributed by atoms with van der Waals surface area (Å²) in [6, 6.07) is 26.2. The van der Waals surface area contributed by atoms with Gasteiger partial charge in [-0.05, 0) is 40.5 Å². The number of hydrazone groups is 1. The molecule has 0 fully saturated rings. The molecule has 0 unspecified atom stereocenters. The Morgan fingerprint density at radius 3 is 2.32 bits per heavy atom. The van der Waals surface area contributed by atoms with Crippen molar-refractivity contribution in [2.45, 2.75) is 12.8 Å². The van der Waals surface area contributed by atoms with Gasteiger partial charge in [0.25, 0.3) is 0 Å². The van der Waals surface area contributed by atoms with Gasteiger partial charge < -0.3 is 0 Å². The van der Waals surface area contributed by atoms with Gasteiger partial charge in [0.05, 0.1) is 5.71 Å². The highest BCUT2D eigenvalue weighted by atomic mass is 35.5. The molecular weight excluding hydrogens is 368 g/mol. The third-order valence-corrected chi connectivity index (χ3v) is 4.92. The first-order valence-electron chi connectivity index (χ1n) is 9.18. The largest absolute Gasteiger partial charge is 0.273 e. The predicted octanol–water partition coefficient (Wildman–Crippen LogP) is 5.54. The lowest BCUT2D eigenvalue weighted by molar-refractivity contribution is -0.121. The Kier molecular flexibility index (Phi) is 5.36. The molecule has 0 spiro atoms. The van der Waals surface area contributed by atoms with Crippen molar-refractivity contribution in [1.82, 2.24) is 5.43 Å². The minimum Gasteiger partial charge on any atom is -0.273 e. The standard InChI is InChI=1S/C24H19ClN2O/c25-19-11-12-20(23-13-14-24(28)27-26-23)22(16-19)21(18-9-5-2-6-10-18)15-17-7-3-1-4-8-17/h1-12,15-16H,13-14H2,(H,27,28)/b21-15+. The monoisotopic (exact) mass is 386 g/mol. The predicted molar refractivity (Wildman–Crippen MR) is 115 cm³/mol. The van der Waals surface area contributed by atoms with Gasteiger partial charge >= 0.3 is 0 Å². The minimum atomic E-state index is -0.0534. The molecule has 3 aromatic carbocycles. The Hall–Kier alpha value is -3.17. The molecule has 0 aliphatic carbocycles. The molecule has 0 bridgehead atoms. The number of carbonyl (C=O) groups is 1. The lowest BCUT2D eigenvalue weighted by atomic mass is 9.89. The van der Waals surface area contributed by atoms with Crippen molar-refractivity contribution in [3.8, 4) is 0 Å². The van der Waals surface area contributed by atoms with Gasteiger partial charge in [0.2, 0.25) is 5.91 Å². The molecule has 4 rings (SSSR count). The zero-order valence-electron chi connectivity index (χ0n) is 15.2. The molecule has 1 aliphatic heterocycles. The van der Waals surface area contributed by atoms with Crippen LogP contribution >= 0.6 is 11.6 Å². The Balaban J connectivity index is 1.91. The van der Waals surface area contributed by atoms with Crippen molar-refractivity contribution in [3.63, 3.8) is 0 Å². The molecule has 1 amide bonds. The quantitative estimate of drug-likeness (QED) is 0.587. The van der Waals surface area contributed by atoms with E-state index in [1.807, 2.05) is 54.6 Å². The fraction of sp³-hybridized carbons (Fsp3) is 0.0833. The van der Waals surface area contributed by atoms with Crippen LogP contribution in [0.2, 0.25) is 5.02 Å². The fourth-order valence-corrected chi connectivity index (χ4v) is 3.48. The SMILES string of the molecule is O=C1CCC(c2ccc(Cl)cc2/C(=C/c2ccccc2)c2ccccc2)=NN1. The zero-order chi connectivity index (χ0) is 19.3. The van der Waals surface area contributed by atoms with Gasteiger partial charge in [-0.1, -0.05) is 78.3 Å². The van der Waals surface area contributed by atoms with Gasteiger partial charge in [-0.15, -0.1) is 0 Å². The van der Waals surface area contributed by atoms with E-state index in [1.54, 1.807) is 0 Å². The molecule has 138 valence electrons. The fourth-order valence-electron chi connectivity index (χ4n) is 3.31. The van der Waals surface area contributed by atoms with Gasteiger partial charge in [-0.2, -0.15) is 5.10 Å². The van der Waals surface area contributed by atoms with Crippen LogP contribution in [0.3, 0.4) is 0 Å². The first-order valence-corrected chi connectivity index (χ1v) is 9.56. The van der Waals surface area contributed by atoms with Gasteiger partial charge in [0.1, 0.15) is 0 Å². The van der Waals surface area contributed by atoms with E-state index in [4.69, 9.17) is 11.6 Å². The van der Waals surface area contributed by atoms with Gasteiger partial charge in [0, 0.05) is 23.4 Å². The van der Waals surface area contributed by atoms with Crippen LogP contribution in [-0.2, 0) is 4.79 Å². The molecule has 0 saturated carbocycles. The van der Waals surface area contributed by atoms with Crippen LogP contribution in [0, 0.1) is 0 Å². The minimum absolute atomic E-state index is 0.0534. The Bertz CT molecular complexity index is 1060. The third kappa shape index (κ3) is 4.05. The van der Waals surface area contributed by atoms with Crippen LogP contribution in [0.15, 0.2) is 84.0 Å². The average molecular weight is 387 g/mol. The lowest BCUT2D eigenvalue weighted by Crippen LogP contribution is -2.26. The normalized spacial score (nSPS) is 14.4. The van der Waals surface area contributed by atoms with Gasteiger partial charge in [-0.25, -0.2) is 5.43 Å². The Morgan fingerprint density at radius 1 is 0.929 bits per heavy atom. The molecule has 4 heteroatoms. The topological polar surface area (TPSA) is 41.5 Å². The van der Waals surface area contributed by atoms with Crippen molar-refractivity contribution in [1.29, 1.82) is 0 Å². The summed E-state index contributed by atoms with van der Waals surface area (Å²) >= 11 is 6.38. The highest BCUT2D eigenvalue weighted by Gasteiger charge is 2.19. The van der Waals surface area contributed by atoms with Crippen molar-refractivity contribution >= 4 is 34.9 Å². The summed E-state index contributed by atoms with van der Waals surface area (Å²) in [5.74, 6) is -0.0534. The lowest BCUT2D eigenvalue weighted by Gasteiger charge is -2.18. The smallest absolute Gasteiger partial charge is 0.240 e. The number of benzene rings is 3. The summed E-state index contributed by atoms with van der Waals surface area (Å²) < 4.78 is 0. The maximum atomic E-state index is 11.5. The van der Waals surface area contributed by atoms with E-state index >= 15 is 0 Å². The second kappa shape index (κ2) is 8.24. The molecule has 0 aromatic heterocycles. The van der Waals surface area contributed by atoms with Crippen LogP contribution < -0.4 is 5.43 Å². The molecule has 28 heavy (non-hydrogen) atoms. The molecule has 0 saturated heterocycles. The third-order valence-electron chi connectivity index (χ3n) is 4.68.